The van der Waals surface area contributed by atoms with Crippen molar-refractivity contribution in [1.82, 2.24) is 73.8 Å². The second kappa shape index (κ2) is 45.4. The van der Waals surface area contributed by atoms with E-state index in [2.05, 4.69) is 99.0 Å². The number of carbonyl (C=O) groups excluding carboxylic acids is 15. The van der Waals surface area contributed by atoms with Crippen molar-refractivity contribution in [3.8, 4) is 0 Å². The minimum absolute atomic E-state index is 0.119. The maximum Gasteiger partial charge on any atom is 0.327 e. The molecular weight excluding hydrogens is 1350 g/mol. The van der Waals surface area contributed by atoms with Crippen LogP contribution in [0.25, 0.3) is 0 Å². The first-order chi connectivity index (χ1) is 46.4. The van der Waals surface area contributed by atoms with Crippen molar-refractivity contribution < 1.29 is 96.8 Å². The van der Waals surface area contributed by atoms with E-state index in [0.29, 0.717) is 6.42 Å². The third-order valence-electron chi connectivity index (χ3n) is 15.0. The lowest BCUT2D eigenvalue weighted by atomic mass is 9.97. The standard InChI is InChI=1S/C58H97N19O20S2/c1-7-28(6)46(57(95)70-33(13-16-43(83)84)51(89)74-38(24-99)58(96)97)77-54(92)37(23-98)73-49(87)31(10-8-9-17-59)68-50(88)32(12-15-40(62)80)69-55(93)44(26(2)3)76-56(94)45(27(4)5)75-52(90)34(18-29-20-64-25-66-29)72-53(91)36(22-78)67-42(82)21-65-48(86)35(19-41(63)81)71-47(85)30(60)11-14-39(61)79/h20,25-28,30-38,44-46,78,98-99H,7-19,21-24,59-60H2,1-6H3,(H2,61,79)(H2,62,80)(H2,63,81)(H,64,66)(H,65,86)(H,67,82)(H,68,88)(H,69,93)(H,70,95)(H,71,85)(H,72,91)(H,73,87)(H,74,89)(H,75,90)(H,76,94)(H,77,92)(H,83,84)(H,96,97)/t28-,30-,31-,32-,33-,34-,35-,36-,37-,38-,44-,45-,46-/m0/s1. The van der Waals surface area contributed by atoms with Crippen molar-refractivity contribution in [1.29, 1.82) is 0 Å². The summed E-state index contributed by atoms with van der Waals surface area (Å²) >= 11 is 8.15. The zero-order valence-electron chi connectivity index (χ0n) is 55.8. The molecule has 41 heteroatoms. The number of unbranched alkanes of at least 4 members (excludes halogenated alkanes) is 1. The Kier molecular flexibility index (Phi) is 40.2. The van der Waals surface area contributed by atoms with Crippen LogP contribution in [0.3, 0.4) is 0 Å². The Bertz CT molecular complexity index is 2960. The number of carboxylic acids is 2. The topological polar surface area (TPSA) is 654 Å². The first-order valence-corrected chi connectivity index (χ1v) is 32.9. The Labute approximate surface area is 581 Å². The van der Waals surface area contributed by atoms with Gasteiger partial charge in [0.25, 0.3) is 0 Å². The number of amides is 15. The van der Waals surface area contributed by atoms with E-state index >= 15 is 0 Å². The number of aliphatic hydroxyl groups is 1. The lowest BCUT2D eigenvalue weighted by Crippen LogP contribution is -2.62. The summed E-state index contributed by atoms with van der Waals surface area (Å²) in [6.45, 7) is 7.49. The number of imidazole rings is 1. The number of rotatable bonds is 49. The highest BCUT2D eigenvalue weighted by Crippen LogP contribution is 2.14. The molecule has 0 saturated heterocycles. The first-order valence-electron chi connectivity index (χ1n) is 31.6. The van der Waals surface area contributed by atoms with Crippen LogP contribution < -0.4 is 92.5 Å². The van der Waals surface area contributed by atoms with Crippen molar-refractivity contribution in [3.05, 3.63) is 18.2 Å². The molecule has 0 radical (unpaired) electrons. The van der Waals surface area contributed by atoms with Gasteiger partial charge in [0.2, 0.25) is 88.6 Å². The van der Waals surface area contributed by atoms with Crippen molar-refractivity contribution in [3.63, 3.8) is 0 Å². The number of hydrogen-bond donors (Lipinski definition) is 23. The fraction of sp³-hybridized carbons (Fsp3) is 0.655. The molecule has 26 N–H and O–H groups in total. The van der Waals surface area contributed by atoms with Gasteiger partial charge in [0.1, 0.15) is 66.5 Å². The molecule has 0 saturated carbocycles. The number of aromatic amines is 1. The van der Waals surface area contributed by atoms with E-state index in [9.17, 15) is 96.8 Å². The van der Waals surface area contributed by atoms with E-state index in [1.807, 2.05) is 0 Å². The summed E-state index contributed by atoms with van der Waals surface area (Å²) in [5, 5.41) is 57.6. The molecule has 0 aliphatic rings. The number of hydrogen-bond acceptors (Lipinski definition) is 23. The molecule has 1 rings (SSSR count). The number of primary amides is 3. The van der Waals surface area contributed by atoms with Crippen molar-refractivity contribution in [2.45, 2.75) is 191 Å². The Morgan fingerprint density at radius 3 is 1.40 bits per heavy atom. The van der Waals surface area contributed by atoms with Crippen molar-refractivity contribution in [2.75, 3.05) is 31.2 Å². The van der Waals surface area contributed by atoms with Crippen LogP contribution in [0.2, 0.25) is 0 Å². The normalized spacial score (nSPS) is 15.0. The SMILES string of the molecule is CC[C@H](C)[C@H](NC(=O)[C@H](CS)NC(=O)[C@H](CCCCN)NC(=O)[C@H](CCC(N)=O)NC(=O)[C@@H](NC(=O)[C@@H](NC(=O)[C@H](Cc1c[nH]cn1)NC(=O)[C@H](CO)NC(=O)CNC(=O)[C@H](CC(N)=O)NC(=O)[C@@H](N)CCC(N)=O)C(C)C)C(C)C)C(=O)N[C@@H](CCC(=O)O)C(=O)N[C@@H](CS)C(=O)O. The molecule has 1 aromatic heterocycles. The van der Waals surface area contributed by atoms with Gasteiger partial charge in [0, 0.05) is 43.4 Å². The Morgan fingerprint density at radius 1 is 0.495 bits per heavy atom. The molecule has 13 atom stereocenters. The molecule has 0 aliphatic carbocycles. The second-order valence-electron chi connectivity index (χ2n) is 23.8. The number of nitrogens with two attached hydrogens (primary N) is 5. The van der Waals surface area contributed by atoms with Gasteiger partial charge in [-0.3, -0.25) is 76.7 Å². The largest absolute Gasteiger partial charge is 0.481 e. The van der Waals surface area contributed by atoms with Crippen LogP contribution in [0, 0.1) is 17.8 Å². The lowest BCUT2D eigenvalue weighted by molar-refractivity contribution is -0.142. The van der Waals surface area contributed by atoms with E-state index in [0.717, 1.165) is 0 Å². The molecule has 99 heavy (non-hydrogen) atoms. The second-order valence-corrected chi connectivity index (χ2v) is 24.5. The maximum absolute atomic E-state index is 14.3. The average molecular weight is 1440 g/mol. The quantitative estimate of drug-likeness (QED) is 0.0213. The summed E-state index contributed by atoms with van der Waals surface area (Å²) in [6, 6.07) is -18.6. The predicted octanol–water partition coefficient (Wildman–Crippen LogP) is -8.58. The Morgan fingerprint density at radius 2 is 0.929 bits per heavy atom. The van der Waals surface area contributed by atoms with Gasteiger partial charge in [-0.25, -0.2) is 9.78 Å². The Hall–Kier alpha value is -9.22. The zero-order valence-corrected chi connectivity index (χ0v) is 57.6. The third kappa shape index (κ3) is 32.8. The minimum Gasteiger partial charge on any atom is -0.481 e. The molecule has 0 bridgehead atoms. The molecule has 556 valence electrons. The number of carbonyl (C=O) groups is 17. The van der Waals surface area contributed by atoms with E-state index < -0.39 is 242 Å². The maximum atomic E-state index is 14.3. The number of carboxylic acid groups (broad SMARTS) is 2. The molecular formula is C58H97N19O20S2. The fourth-order valence-electron chi connectivity index (χ4n) is 9.04. The number of thiol groups is 2. The van der Waals surface area contributed by atoms with Crippen molar-refractivity contribution in [2.24, 2.45) is 46.4 Å². The zero-order chi connectivity index (χ0) is 75.4. The van der Waals surface area contributed by atoms with Gasteiger partial charge in [-0.05, 0) is 62.8 Å². The van der Waals surface area contributed by atoms with Gasteiger partial charge in [0.15, 0.2) is 0 Å². The Balaban J connectivity index is 3.46. The predicted molar refractivity (Wildman–Crippen MR) is 357 cm³/mol. The number of aromatic nitrogens is 2. The highest BCUT2D eigenvalue weighted by atomic mass is 32.1. The van der Waals surface area contributed by atoms with Crippen LogP contribution in [0.1, 0.15) is 118 Å². The summed E-state index contributed by atoms with van der Waals surface area (Å²) in [4.78, 5) is 229. The molecule has 1 heterocycles. The number of H-pyrrole nitrogens is 1. The monoisotopic (exact) mass is 1440 g/mol. The van der Waals surface area contributed by atoms with Gasteiger partial charge in [0.05, 0.1) is 37.6 Å². The molecule has 0 spiro atoms. The average Bonchev–Trinajstić information content (AvgIpc) is 1.49. The van der Waals surface area contributed by atoms with E-state index in [4.69, 9.17) is 28.7 Å². The minimum atomic E-state index is -1.80. The summed E-state index contributed by atoms with van der Waals surface area (Å²) < 4.78 is 0. The van der Waals surface area contributed by atoms with E-state index in [1.54, 1.807) is 13.8 Å². The van der Waals surface area contributed by atoms with Gasteiger partial charge < -0.3 is 113 Å². The molecule has 0 aromatic carbocycles. The lowest BCUT2D eigenvalue weighted by Gasteiger charge is -2.30. The molecule has 0 unspecified atom stereocenters. The summed E-state index contributed by atoms with van der Waals surface area (Å²) in [5.41, 5.74) is 27.5. The number of nitrogens with one attached hydrogen (secondary N) is 13. The van der Waals surface area contributed by atoms with Crippen LogP contribution in [0.5, 0.6) is 0 Å². The highest BCUT2D eigenvalue weighted by Gasteiger charge is 2.38. The highest BCUT2D eigenvalue weighted by molar-refractivity contribution is 7.80. The van der Waals surface area contributed by atoms with Gasteiger partial charge in [-0.15, -0.1) is 0 Å². The fourth-order valence-corrected chi connectivity index (χ4v) is 9.54. The van der Waals surface area contributed by atoms with Crippen LogP contribution in [-0.2, 0) is 87.9 Å². The summed E-state index contributed by atoms with van der Waals surface area (Å²) in [6.07, 6.45) is -0.366. The number of nitrogens with zero attached hydrogens (tertiary/aromatic N) is 1. The van der Waals surface area contributed by atoms with E-state index in [-0.39, 0.29) is 56.5 Å². The number of aliphatic hydroxyl groups excluding tert-OH is 1. The van der Waals surface area contributed by atoms with E-state index in [1.165, 1.54) is 40.2 Å². The van der Waals surface area contributed by atoms with Gasteiger partial charge >= 0.3 is 11.9 Å². The van der Waals surface area contributed by atoms with Crippen molar-refractivity contribution >= 4 is 126 Å². The third-order valence-corrected chi connectivity index (χ3v) is 15.7. The molecule has 39 nitrogen and oxygen atoms in total. The molecule has 1 aromatic rings. The summed E-state index contributed by atoms with van der Waals surface area (Å²) in [7, 11) is 0. The van der Waals surface area contributed by atoms with Gasteiger partial charge in [-0.2, -0.15) is 25.3 Å². The van der Waals surface area contributed by atoms with Gasteiger partial charge in [-0.1, -0.05) is 48.0 Å². The molecule has 0 aliphatic heterocycles. The van der Waals surface area contributed by atoms with Crippen LogP contribution >= 0.6 is 25.3 Å². The summed E-state index contributed by atoms with van der Waals surface area (Å²) in [5.74, 6) is -20.8. The number of aliphatic carboxylic acids is 2. The van der Waals surface area contributed by atoms with Crippen LogP contribution in [-0.4, -0.2) is 230 Å². The first kappa shape index (κ1) is 87.8. The van der Waals surface area contributed by atoms with Crippen LogP contribution in [0.15, 0.2) is 12.5 Å². The molecule has 15 amide bonds. The van der Waals surface area contributed by atoms with Crippen LogP contribution in [0.4, 0.5) is 0 Å². The molecule has 0 fully saturated rings. The smallest absolute Gasteiger partial charge is 0.327 e.